The van der Waals surface area contributed by atoms with Crippen molar-refractivity contribution in [2.24, 2.45) is 0 Å². The number of oxazole rings is 1. The average Bonchev–Trinajstić information content (AvgIpc) is 2.95. The molecule has 0 radical (unpaired) electrons. The molecule has 1 heterocycles. The first-order valence-electron chi connectivity index (χ1n) is 7.17. The number of hydrogen-bond acceptors (Lipinski definition) is 5. The van der Waals surface area contributed by atoms with Crippen molar-refractivity contribution in [3.63, 3.8) is 0 Å². The van der Waals surface area contributed by atoms with Crippen LogP contribution in [0.2, 0.25) is 5.02 Å². The van der Waals surface area contributed by atoms with Crippen LogP contribution in [0.4, 0.5) is 11.4 Å². The summed E-state index contributed by atoms with van der Waals surface area (Å²) in [5, 5.41) is 14.9. The standard InChI is InChI=1S/C16H14ClN3O3/c1-2-7-18-12-5-3-10(8-14(12)20(21)22)16-19-13-9-11(17)4-6-15(13)23-16/h3-6,8-9,18H,2,7H2,1H3. The number of anilines is 1. The minimum atomic E-state index is -0.416. The third kappa shape index (κ3) is 3.12. The summed E-state index contributed by atoms with van der Waals surface area (Å²) in [4.78, 5) is 15.2. The van der Waals surface area contributed by atoms with Gasteiger partial charge in [-0.3, -0.25) is 10.1 Å². The maximum absolute atomic E-state index is 11.3. The molecule has 1 aromatic heterocycles. The Morgan fingerprint density at radius 3 is 2.87 bits per heavy atom. The first-order chi connectivity index (χ1) is 11.1. The van der Waals surface area contributed by atoms with E-state index in [0.29, 0.717) is 39.8 Å². The molecule has 0 spiro atoms. The van der Waals surface area contributed by atoms with Crippen molar-refractivity contribution in [2.45, 2.75) is 13.3 Å². The molecule has 0 atom stereocenters. The molecule has 23 heavy (non-hydrogen) atoms. The molecule has 0 unspecified atom stereocenters. The maximum Gasteiger partial charge on any atom is 0.293 e. The van der Waals surface area contributed by atoms with Crippen LogP contribution in [0.25, 0.3) is 22.6 Å². The highest BCUT2D eigenvalue weighted by Gasteiger charge is 2.17. The van der Waals surface area contributed by atoms with Crippen molar-refractivity contribution in [1.29, 1.82) is 0 Å². The van der Waals surface area contributed by atoms with Gasteiger partial charge >= 0.3 is 0 Å². The number of hydrogen-bond donors (Lipinski definition) is 1. The average molecular weight is 332 g/mol. The smallest absolute Gasteiger partial charge is 0.293 e. The Balaban J connectivity index is 2.04. The van der Waals surface area contributed by atoms with Crippen LogP contribution in [0.5, 0.6) is 0 Å². The van der Waals surface area contributed by atoms with Crippen LogP contribution < -0.4 is 5.32 Å². The van der Waals surface area contributed by atoms with E-state index in [1.165, 1.54) is 6.07 Å². The zero-order valence-electron chi connectivity index (χ0n) is 12.4. The van der Waals surface area contributed by atoms with Gasteiger partial charge in [-0.1, -0.05) is 18.5 Å². The molecular weight excluding hydrogens is 318 g/mol. The van der Waals surface area contributed by atoms with E-state index < -0.39 is 4.92 Å². The summed E-state index contributed by atoms with van der Waals surface area (Å²) in [6.07, 6.45) is 0.880. The number of fused-ring (bicyclic) bond motifs is 1. The lowest BCUT2D eigenvalue weighted by Gasteiger charge is -2.06. The van der Waals surface area contributed by atoms with Gasteiger partial charge in [0.25, 0.3) is 5.69 Å². The van der Waals surface area contributed by atoms with Crippen LogP contribution >= 0.6 is 11.6 Å². The highest BCUT2D eigenvalue weighted by atomic mass is 35.5. The van der Waals surface area contributed by atoms with Crippen molar-refractivity contribution < 1.29 is 9.34 Å². The van der Waals surface area contributed by atoms with E-state index in [0.717, 1.165) is 6.42 Å². The number of nitro groups is 1. The molecule has 7 heteroatoms. The number of nitrogens with one attached hydrogen (secondary N) is 1. The number of aromatic nitrogens is 1. The van der Waals surface area contributed by atoms with E-state index in [9.17, 15) is 10.1 Å². The van der Waals surface area contributed by atoms with Crippen molar-refractivity contribution in [1.82, 2.24) is 4.98 Å². The zero-order chi connectivity index (χ0) is 16.4. The van der Waals surface area contributed by atoms with Gasteiger partial charge in [0.1, 0.15) is 11.2 Å². The fourth-order valence-electron chi connectivity index (χ4n) is 2.25. The minimum absolute atomic E-state index is 0.00348. The second kappa shape index (κ2) is 6.26. The molecule has 0 aliphatic carbocycles. The lowest BCUT2D eigenvalue weighted by molar-refractivity contribution is -0.383. The lowest BCUT2D eigenvalue weighted by Crippen LogP contribution is -2.03. The quantitative estimate of drug-likeness (QED) is 0.532. The molecule has 3 rings (SSSR count). The van der Waals surface area contributed by atoms with Crippen LogP contribution in [0.15, 0.2) is 40.8 Å². The zero-order valence-corrected chi connectivity index (χ0v) is 13.1. The van der Waals surface area contributed by atoms with Gasteiger partial charge in [-0.15, -0.1) is 0 Å². The molecule has 3 aromatic rings. The lowest BCUT2D eigenvalue weighted by atomic mass is 10.1. The molecule has 0 aliphatic heterocycles. The molecule has 1 N–H and O–H groups in total. The monoisotopic (exact) mass is 331 g/mol. The fraction of sp³-hybridized carbons (Fsp3) is 0.188. The molecule has 0 fully saturated rings. The highest BCUT2D eigenvalue weighted by molar-refractivity contribution is 6.31. The van der Waals surface area contributed by atoms with Gasteiger partial charge in [-0.2, -0.15) is 0 Å². The van der Waals surface area contributed by atoms with Crippen LogP contribution in [-0.2, 0) is 0 Å². The summed E-state index contributed by atoms with van der Waals surface area (Å²) in [7, 11) is 0. The fourth-order valence-corrected chi connectivity index (χ4v) is 2.42. The molecule has 0 bridgehead atoms. The van der Waals surface area contributed by atoms with E-state index in [1.54, 1.807) is 30.3 Å². The maximum atomic E-state index is 11.3. The van der Waals surface area contributed by atoms with Crippen molar-refractivity contribution >= 4 is 34.1 Å². The normalized spacial score (nSPS) is 10.9. The molecule has 118 valence electrons. The molecule has 0 aliphatic rings. The van der Waals surface area contributed by atoms with E-state index in [-0.39, 0.29) is 5.69 Å². The summed E-state index contributed by atoms with van der Waals surface area (Å²) in [6, 6.07) is 10.0. The molecule has 2 aromatic carbocycles. The van der Waals surface area contributed by atoms with E-state index in [1.807, 2.05) is 6.92 Å². The number of halogens is 1. The number of nitrogens with zero attached hydrogens (tertiary/aromatic N) is 2. The van der Waals surface area contributed by atoms with Crippen molar-refractivity contribution in [3.8, 4) is 11.5 Å². The Morgan fingerprint density at radius 1 is 1.30 bits per heavy atom. The third-order valence-electron chi connectivity index (χ3n) is 3.36. The summed E-state index contributed by atoms with van der Waals surface area (Å²) < 4.78 is 5.65. The molecule has 0 saturated heterocycles. The second-order valence-corrected chi connectivity index (χ2v) is 5.48. The summed E-state index contributed by atoms with van der Waals surface area (Å²) >= 11 is 5.93. The van der Waals surface area contributed by atoms with Crippen molar-refractivity contribution in [2.75, 3.05) is 11.9 Å². The van der Waals surface area contributed by atoms with Crippen LogP contribution in [0.1, 0.15) is 13.3 Å². The molecule has 0 saturated carbocycles. The predicted octanol–water partition coefficient (Wildman–Crippen LogP) is 4.88. The van der Waals surface area contributed by atoms with Crippen molar-refractivity contribution in [3.05, 3.63) is 51.5 Å². The van der Waals surface area contributed by atoms with E-state index >= 15 is 0 Å². The van der Waals surface area contributed by atoms with Gasteiger partial charge in [0.15, 0.2) is 5.58 Å². The van der Waals surface area contributed by atoms with Gasteiger partial charge in [0.05, 0.1) is 4.92 Å². The second-order valence-electron chi connectivity index (χ2n) is 5.05. The molecule has 0 amide bonds. The minimum Gasteiger partial charge on any atom is -0.436 e. The van der Waals surface area contributed by atoms with Crippen LogP contribution in [0, 0.1) is 10.1 Å². The van der Waals surface area contributed by atoms with Gasteiger partial charge in [0, 0.05) is 23.2 Å². The Labute approximate surface area is 137 Å². The van der Waals surface area contributed by atoms with Crippen LogP contribution in [-0.4, -0.2) is 16.5 Å². The van der Waals surface area contributed by atoms with Crippen LogP contribution in [0.3, 0.4) is 0 Å². The Bertz CT molecular complexity index is 876. The van der Waals surface area contributed by atoms with Gasteiger partial charge < -0.3 is 9.73 Å². The van der Waals surface area contributed by atoms with E-state index in [2.05, 4.69) is 10.3 Å². The predicted molar refractivity (Wildman–Crippen MR) is 89.9 cm³/mol. The molecular formula is C16H14ClN3O3. The summed E-state index contributed by atoms with van der Waals surface area (Å²) in [5.41, 5.74) is 2.23. The first kappa shape index (κ1) is 15.3. The third-order valence-corrected chi connectivity index (χ3v) is 3.59. The number of rotatable bonds is 5. The van der Waals surface area contributed by atoms with Gasteiger partial charge in [-0.05, 0) is 36.8 Å². The summed E-state index contributed by atoms with van der Waals surface area (Å²) in [6.45, 7) is 2.66. The van der Waals surface area contributed by atoms with Gasteiger partial charge in [-0.25, -0.2) is 4.98 Å². The molecule has 6 nitrogen and oxygen atoms in total. The number of benzene rings is 2. The number of nitro benzene ring substituents is 1. The Hall–Kier alpha value is -2.60. The summed E-state index contributed by atoms with van der Waals surface area (Å²) in [5.74, 6) is 0.326. The first-order valence-corrected chi connectivity index (χ1v) is 7.55. The Kier molecular flexibility index (Phi) is 4.16. The Morgan fingerprint density at radius 2 is 2.13 bits per heavy atom. The SMILES string of the molecule is CCCNc1ccc(-c2nc3cc(Cl)ccc3o2)cc1[N+](=O)[O-]. The van der Waals surface area contributed by atoms with Gasteiger partial charge in [0.2, 0.25) is 5.89 Å². The van der Waals surface area contributed by atoms with E-state index in [4.69, 9.17) is 16.0 Å². The highest BCUT2D eigenvalue weighted by Crippen LogP contribution is 2.32. The topological polar surface area (TPSA) is 81.2 Å². The largest absolute Gasteiger partial charge is 0.436 e.